The number of ether oxygens (including phenoxy) is 1. The molecule has 25 heavy (non-hydrogen) atoms. The Kier molecular flexibility index (Phi) is 5.24. The summed E-state index contributed by atoms with van der Waals surface area (Å²) in [5, 5.41) is 3.31. The van der Waals surface area contributed by atoms with Crippen LogP contribution in [0.1, 0.15) is 40.4 Å². The van der Waals surface area contributed by atoms with Gasteiger partial charge < -0.3 is 15.8 Å². The number of aryl methyl sites for hydroxylation is 1. The summed E-state index contributed by atoms with van der Waals surface area (Å²) in [6.45, 7) is -0.358. The molecule has 0 fully saturated rings. The molecule has 0 saturated carbocycles. The molecule has 2 aromatic carbocycles. The Labute approximate surface area is 151 Å². The van der Waals surface area contributed by atoms with Crippen molar-refractivity contribution in [3.8, 4) is 0 Å². The third-order valence-electron chi connectivity index (χ3n) is 4.27. The van der Waals surface area contributed by atoms with Gasteiger partial charge in [0.15, 0.2) is 6.61 Å². The lowest BCUT2D eigenvalue weighted by molar-refractivity contribution is -0.125. The Hall–Kier alpha value is -2.53. The van der Waals surface area contributed by atoms with Gasteiger partial charge in [-0.2, -0.15) is 0 Å². The standard InChI is InChI=1S/C19H19ClN2O3/c20-13-8-9-16(21)15(10-13)19(24)25-11-18(23)22-17-7-3-5-12-4-1-2-6-14(12)17/h1-2,4,6,8-10,17H,3,5,7,11,21H2,(H,22,23)/t17-/m1/s1. The van der Waals surface area contributed by atoms with Crippen molar-refractivity contribution < 1.29 is 14.3 Å². The number of amides is 1. The van der Waals surface area contributed by atoms with Crippen LogP contribution in [-0.2, 0) is 16.0 Å². The molecule has 0 spiro atoms. The summed E-state index contributed by atoms with van der Waals surface area (Å²) in [6.07, 6.45) is 2.91. The summed E-state index contributed by atoms with van der Waals surface area (Å²) in [6, 6.07) is 12.6. The van der Waals surface area contributed by atoms with Crippen molar-refractivity contribution in [2.45, 2.75) is 25.3 Å². The number of nitrogens with one attached hydrogen (secondary N) is 1. The molecule has 0 unspecified atom stereocenters. The van der Waals surface area contributed by atoms with Crippen LogP contribution in [0, 0.1) is 0 Å². The van der Waals surface area contributed by atoms with E-state index in [1.165, 1.54) is 17.7 Å². The number of benzene rings is 2. The monoisotopic (exact) mass is 358 g/mol. The molecule has 0 radical (unpaired) electrons. The fourth-order valence-corrected chi connectivity index (χ4v) is 3.23. The molecule has 0 heterocycles. The van der Waals surface area contributed by atoms with Crippen LogP contribution in [0.5, 0.6) is 0 Å². The molecular formula is C19H19ClN2O3. The quantitative estimate of drug-likeness (QED) is 0.649. The van der Waals surface area contributed by atoms with E-state index in [4.69, 9.17) is 22.1 Å². The van der Waals surface area contributed by atoms with Crippen LogP contribution in [0.25, 0.3) is 0 Å². The van der Waals surface area contributed by atoms with Crippen molar-refractivity contribution in [3.05, 3.63) is 64.2 Å². The molecule has 3 rings (SSSR count). The van der Waals surface area contributed by atoms with E-state index in [0.29, 0.717) is 5.02 Å². The lowest BCUT2D eigenvalue weighted by Crippen LogP contribution is -2.34. The lowest BCUT2D eigenvalue weighted by atomic mass is 9.88. The predicted molar refractivity (Wildman–Crippen MR) is 96.4 cm³/mol. The second kappa shape index (κ2) is 7.57. The summed E-state index contributed by atoms with van der Waals surface area (Å²) in [7, 11) is 0. The molecule has 5 nitrogen and oxygen atoms in total. The maximum absolute atomic E-state index is 12.2. The van der Waals surface area contributed by atoms with Crippen LogP contribution in [0.3, 0.4) is 0 Å². The summed E-state index contributed by atoms with van der Waals surface area (Å²) in [5.41, 5.74) is 8.54. The summed E-state index contributed by atoms with van der Waals surface area (Å²) in [4.78, 5) is 24.2. The highest BCUT2D eigenvalue weighted by Crippen LogP contribution is 2.29. The second-order valence-corrected chi connectivity index (χ2v) is 6.46. The second-order valence-electron chi connectivity index (χ2n) is 6.02. The van der Waals surface area contributed by atoms with Gasteiger partial charge in [0, 0.05) is 10.7 Å². The number of carbonyl (C=O) groups is 2. The SMILES string of the molecule is Nc1ccc(Cl)cc1C(=O)OCC(=O)N[C@@H]1CCCc2ccccc21. The molecule has 0 aliphatic heterocycles. The number of hydrogen-bond donors (Lipinski definition) is 2. The third kappa shape index (κ3) is 4.12. The molecule has 3 N–H and O–H groups in total. The molecule has 0 aromatic heterocycles. The zero-order chi connectivity index (χ0) is 17.8. The van der Waals surface area contributed by atoms with Crippen LogP contribution in [0.2, 0.25) is 5.02 Å². The van der Waals surface area contributed by atoms with E-state index in [-0.39, 0.29) is 29.8 Å². The van der Waals surface area contributed by atoms with Crippen molar-refractivity contribution in [2.75, 3.05) is 12.3 Å². The topological polar surface area (TPSA) is 81.4 Å². The number of rotatable bonds is 4. The van der Waals surface area contributed by atoms with E-state index < -0.39 is 5.97 Å². The average molecular weight is 359 g/mol. The van der Waals surface area contributed by atoms with Gasteiger partial charge >= 0.3 is 5.97 Å². The highest BCUT2D eigenvalue weighted by molar-refractivity contribution is 6.31. The minimum absolute atomic E-state index is 0.0487. The Morgan fingerprint density at radius 3 is 2.88 bits per heavy atom. The molecule has 0 bridgehead atoms. The van der Waals surface area contributed by atoms with Gasteiger partial charge in [0.1, 0.15) is 0 Å². The maximum atomic E-state index is 12.2. The number of esters is 1. The van der Waals surface area contributed by atoms with E-state index in [1.54, 1.807) is 6.07 Å². The zero-order valence-corrected chi connectivity index (χ0v) is 14.4. The summed E-state index contributed by atoms with van der Waals surface area (Å²) in [5.74, 6) is -1.00. The Morgan fingerprint density at radius 2 is 2.04 bits per heavy atom. The van der Waals surface area contributed by atoms with Gasteiger partial charge in [-0.05, 0) is 48.6 Å². The number of nitrogen functional groups attached to an aromatic ring is 1. The van der Waals surface area contributed by atoms with Gasteiger partial charge in [0.05, 0.1) is 11.6 Å². The first kappa shape index (κ1) is 17.3. The van der Waals surface area contributed by atoms with Crippen LogP contribution < -0.4 is 11.1 Å². The maximum Gasteiger partial charge on any atom is 0.340 e. The smallest absolute Gasteiger partial charge is 0.340 e. The van der Waals surface area contributed by atoms with Crippen molar-refractivity contribution in [2.24, 2.45) is 0 Å². The van der Waals surface area contributed by atoms with E-state index in [0.717, 1.165) is 24.8 Å². The fourth-order valence-electron chi connectivity index (χ4n) is 3.05. The van der Waals surface area contributed by atoms with Gasteiger partial charge in [-0.1, -0.05) is 35.9 Å². The average Bonchev–Trinajstić information content (AvgIpc) is 2.62. The first-order valence-corrected chi connectivity index (χ1v) is 8.51. The van der Waals surface area contributed by atoms with Crippen LogP contribution >= 0.6 is 11.6 Å². The fraction of sp³-hybridized carbons (Fsp3) is 0.263. The van der Waals surface area contributed by atoms with Crippen molar-refractivity contribution >= 4 is 29.2 Å². The molecule has 1 amide bonds. The van der Waals surface area contributed by atoms with Crippen LogP contribution in [0.4, 0.5) is 5.69 Å². The number of hydrogen-bond acceptors (Lipinski definition) is 4. The van der Waals surface area contributed by atoms with Crippen molar-refractivity contribution in [3.63, 3.8) is 0 Å². The Bertz CT molecular complexity index is 807. The molecule has 130 valence electrons. The Balaban J connectivity index is 1.59. The Morgan fingerprint density at radius 1 is 1.24 bits per heavy atom. The van der Waals surface area contributed by atoms with Gasteiger partial charge in [0.25, 0.3) is 5.91 Å². The normalized spacial score (nSPS) is 16.0. The summed E-state index contributed by atoms with van der Waals surface area (Å²) < 4.78 is 5.07. The molecule has 2 aromatic rings. The molecule has 1 aliphatic carbocycles. The van der Waals surface area contributed by atoms with Gasteiger partial charge in [-0.25, -0.2) is 4.79 Å². The van der Waals surface area contributed by atoms with Gasteiger partial charge in [-0.15, -0.1) is 0 Å². The number of anilines is 1. The zero-order valence-electron chi connectivity index (χ0n) is 13.6. The largest absolute Gasteiger partial charge is 0.452 e. The number of fused-ring (bicyclic) bond motifs is 1. The minimum Gasteiger partial charge on any atom is -0.452 e. The van der Waals surface area contributed by atoms with Crippen molar-refractivity contribution in [1.82, 2.24) is 5.32 Å². The van der Waals surface area contributed by atoms with E-state index in [9.17, 15) is 9.59 Å². The number of nitrogens with two attached hydrogens (primary N) is 1. The summed E-state index contributed by atoms with van der Waals surface area (Å²) >= 11 is 5.86. The lowest BCUT2D eigenvalue weighted by Gasteiger charge is -2.26. The minimum atomic E-state index is -0.667. The van der Waals surface area contributed by atoms with E-state index in [1.807, 2.05) is 18.2 Å². The first-order valence-electron chi connectivity index (χ1n) is 8.14. The van der Waals surface area contributed by atoms with E-state index >= 15 is 0 Å². The van der Waals surface area contributed by atoms with Gasteiger partial charge in [0.2, 0.25) is 0 Å². The third-order valence-corrected chi connectivity index (χ3v) is 4.51. The van der Waals surface area contributed by atoms with Crippen LogP contribution in [0.15, 0.2) is 42.5 Å². The molecule has 1 atom stereocenters. The highest BCUT2D eigenvalue weighted by Gasteiger charge is 2.22. The van der Waals surface area contributed by atoms with Crippen LogP contribution in [-0.4, -0.2) is 18.5 Å². The highest BCUT2D eigenvalue weighted by atomic mass is 35.5. The predicted octanol–water partition coefficient (Wildman–Crippen LogP) is 3.27. The number of carbonyl (C=O) groups excluding carboxylic acids is 2. The molecule has 1 aliphatic rings. The number of halogens is 1. The molecular weight excluding hydrogens is 340 g/mol. The molecule has 6 heteroatoms. The van der Waals surface area contributed by atoms with Gasteiger partial charge in [-0.3, -0.25) is 4.79 Å². The van der Waals surface area contributed by atoms with Crippen molar-refractivity contribution in [1.29, 1.82) is 0 Å². The first-order chi connectivity index (χ1) is 12.0. The van der Waals surface area contributed by atoms with E-state index in [2.05, 4.69) is 11.4 Å². The molecule has 0 saturated heterocycles.